The number of esters is 2. The third-order valence-corrected chi connectivity index (χ3v) is 4.21. The van der Waals surface area contributed by atoms with Gasteiger partial charge in [0, 0.05) is 27.9 Å². The molecule has 0 aromatic heterocycles. The van der Waals surface area contributed by atoms with E-state index in [1.54, 1.807) is 0 Å². The lowest BCUT2D eigenvalue weighted by atomic mass is 10.1. The zero-order valence-electron chi connectivity index (χ0n) is 11.9. The summed E-state index contributed by atoms with van der Waals surface area (Å²) in [6.07, 6.45) is 0. The van der Waals surface area contributed by atoms with E-state index in [-0.39, 0.29) is 0 Å². The minimum Gasteiger partial charge on any atom is -0.462 e. The number of nitrogens with zero attached hydrogens (tertiary/aromatic N) is 2. The average Bonchev–Trinajstić information content (AvgIpc) is 2.39. The van der Waals surface area contributed by atoms with Gasteiger partial charge in [-0.15, -0.1) is 12.6 Å². The summed E-state index contributed by atoms with van der Waals surface area (Å²) in [7, 11) is 2.51. The number of ether oxygens (including phenoxy) is 2. The van der Waals surface area contributed by atoms with E-state index >= 15 is 0 Å². The lowest BCUT2D eigenvalue weighted by Gasteiger charge is -2.49. The fraction of sp³-hybridized carbons (Fsp3) is 0.636. The Hall–Kier alpha value is -1.42. The first kappa shape index (κ1) is 17.6. The highest BCUT2D eigenvalue weighted by Gasteiger charge is 2.61. The largest absolute Gasteiger partial charge is 0.462 e. The quantitative estimate of drug-likeness (QED) is 0.400. The Morgan fingerprint density at radius 2 is 1.57 bits per heavy atom. The van der Waals surface area contributed by atoms with Crippen molar-refractivity contribution in [3.05, 3.63) is 0 Å². The molecule has 1 aliphatic heterocycles. The monoisotopic (exact) mass is 336 g/mol. The van der Waals surface area contributed by atoms with Crippen molar-refractivity contribution in [3.8, 4) is 0 Å². The fourth-order valence-corrected chi connectivity index (χ4v) is 2.43. The molecule has 0 aromatic carbocycles. The van der Waals surface area contributed by atoms with Crippen LogP contribution in [0.4, 0.5) is 0 Å². The highest BCUT2D eigenvalue weighted by molar-refractivity contribution is 7.83. The van der Waals surface area contributed by atoms with Gasteiger partial charge in [0.15, 0.2) is 4.87 Å². The maximum absolute atomic E-state index is 12.4. The SMILES string of the molecule is CC(=O)OC[C@]1(S)C(=O)N(C)[C@](S)(OC(C)=O)C(=O)N1C. The van der Waals surface area contributed by atoms with Gasteiger partial charge < -0.3 is 14.4 Å². The summed E-state index contributed by atoms with van der Waals surface area (Å²) in [5.41, 5.74) is 0. The van der Waals surface area contributed by atoms with E-state index in [0.29, 0.717) is 0 Å². The maximum Gasteiger partial charge on any atom is 0.313 e. The van der Waals surface area contributed by atoms with Crippen molar-refractivity contribution in [2.45, 2.75) is 23.8 Å². The van der Waals surface area contributed by atoms with E-state index in [4.69, 9.17) is 9.47 Å². The van der Waals surface area contributed by atoms with Crippen LogP contribution in [0.1, 0.15) is 13.8 Å². The topological polar surface area (TPSA) is 93.2 Å². The lowest BCUT2D eigenvalue weighted by molar-refractivity contribution is -0.194. The highest BCUT2D eigenvalue weighted by atomic mass is 32.1. The molecule has 2 atom stereocenters. The van der Waals surface area contributed by atoms with Gasteiger partial charge in [-0.25, -0.2) is 0 Å². The molecule has 0 N–H and O–H groups in total. The van der Waals surface area contributed by atoms with Gasteiger partial charge >= 0.3 is 22.9 Å². The van der Waals surface area contributed by atoms with Crippen molar-refractivity contribution < 1.29 is 28.7 Å². The van der Waals surface area contributed by atoms with E-state index < -0.39 is 40.3 Å². The Morgan fingerprint density at radius 1 is 1.05 bits per heavy atom. The lowest BCUT2D eigenvalue weighted by Crippen LogP contribution is -2.73. The summed E-state index contributed by atoms with van der Waals surface area (Å²) in [4.78, 5) is 46.9. The predicted molar refractivity (Wildman–Crippen MR) is 77.4 cm³/mol. The Balaban J connectivity index is 3.18. The molecule has 0 spiro atoms. The number of amides is 2. The van der Waals surface area contributed by atoms with Crippen LogP contribution in [0.25, 0.3) is 0 Å². The van der Waals surface area contributed by atoms with Gasteiger partial charge in [-0.2, -0.15) is 0 Å². The highest BCUT2D eigenvalue weighted by Crippen LogP contribution is 2.37. The Morgan fingerprint density at radius 3 is 2.00 bits per heavy atom. The Bertz CT molecular complexity index is 513. The molecule has 2 amide bonds. The predicted octanol–water partition coefficient (Wildman–Crippen LogP) is -0.747. The van der Waals surface area contributed by atoms with Gasteiger partial charge in [0.1, 0.15) is 6.61 Å². The third-order valence-electron chi connectivity index (χ3n) is 3.00. The molecule has 0 saturated carbocycles. The first-order chi connectivity index (χ1) is 9.46. The standard InChI is InChI=1S/C11H16N2O6S2/c1-6(14)18-5-10(20)8(16)13(4)11(21,19-7(2)15)9(17)12(10)3/h20-21H,5H2,1-4H3/t10-,11-/m0/s1. The smallest absolute Gasteiger partial charge is 0.313 e. The number of carbonyl (C=O) groups is 4. The molecule has 1 aliphatic rings. The average molecular weight is 336 g/mol. The number of likely N-dealkylation sites (N-methyl/N-ethyl adjacent to an activating group) is 2. The van der Waals surface area contributed by atoms with E-state index in [2.05, 4.69) is 25.3 Å². The molecular weight excluding hydrogens is 320 g/mol. The van der Waals surface area contributed by atoms with Crippen molar-refractivity contribution >= 4 is 49.0 Å². The second kappa shape index (κ2) is 5.76. The van der Waals surface area contributed by atoms with Gasteiger partial charge in [-0.1, -0.05) is 12.6 Å². The molecule has 0 aromatic rings. The summed E-state index contributed by atoms with van der Waals surface area (Å²) < 4.78 is 9.64. The van der Waals surface area contributed by atoms with Gasteiger partial charge in [-0.3, -0.25) is 24.1 Å². The first-order valence-electron chi connectivity index (χ1n) is 5.81. The van der Waals surface area contributed by atoms with Crippen LogP contribution < -0.4 is 0 Å². The number of carbonyl (C=O) groups excluding carboxylic acids is 4. The molecule has 21 heavy (non-hydrogen) atoms. The van der Waals surface area contributed by atoms with Crippen molar-refractivity contribution in [2.24, 2.45) is 0 Å². The van der Waals surface area contributed by atoms with Crippen molar-refractivity contribution in [2.75, 3.05) is 20.7 Å². The zero-order chi connectivity index (χ0) is 16.6. The first-order valence-corrected chi connectivity index (χ1v) is 6.70. The summed E-state index contributed by atoms with van der Waals surface area (Å²) in [5, 5.41) is -2.07. The summed E-state index contributed by atoms with van der Waals surface area (Å²) in [6.45, 7) is 1.81. The van der Waals surface area contributed by atoms with E-state index in [1.807, 2.05) is 0 Å². The fourth-order valence-electron chi connectivity index (χ4n) is 1.75. The number of hydrogen-bond acceptors (Lipinski definition) is 8. The molecule has 8 nitrogen and oxygen atoms in total. The van der Waals surface area contributed by atoms with Crippen molar-refractivity contribution in [1.29, 1.82) is 0 Å². The van der Waals surface area contributed by atoms with Crippen molar-refractivity contribution in [1.82, 2.24) is 9.80 Å². The molecule has 10 heteroatoms. The van der Waals surface area contributed by atoms with Crippen molar-refractivity contribution in [3.63, 3.8) is 0 Å². The molecule has 1 heterocycles. The molecule has 0 aliphatic carbocycles. The molecule has 0 unspecified atom stereocenters. The van der Waals surface area contributed by atoms with Crippen LogP contribution in [0.2, 0.25) is 0 Å². The van der Waals surface area contributed by atoms with Crippen LogP contribution >= 0.6 is 25.3 Å². The summed E-state index contributed by atoms with van der Waals surface area (Å²) in [6, 6.07) is 0. The summed E-state index contributed by atoms with van der Waals surface area (Å²) >= 11 is 8.18. The van der Waals surface area contributed by atoms with Crippen LogP contribution in [0.3, 0.4) is 0 Å². The van der Waals surface area contributed by atoms with Gasteiger partial charge in [0.05, 0.1) is 0 Å². The molecule has 1 saturated heterocycles. The minimum atomic E-state index is -2.07. The minimum absolute atomic E-state index is 0.444. The van der Waals surface area contributed by atoms with Gasteiger partial charge in [0.25, 0.3) is 5.91 Å². The molecule has 1 rings (SSSR count). The van der Waals surface area contributed by atoms with Crippen LogP contribution in [-0.2, 0) is 28.7 Å². The maximum atomic E-state index is 12.4. The third kappa shape index (κ3) is 2.95. The normalized spacial score (nSPS) is 29.4. The van der Waals surface area contributed by atoms with E-state index in [1.165, 1.54) is 14.1 Å². The molecule has 1 fully saturated rings. The van der Waals surface area contributed by atoms with E-state index in [0.717, 1.165) is 23.6 Å². The van der Waals surface area contributed by atoms with Gasteiger partial charge in [0.2, 0.25) is 0 Å². The van der Waals surface area contributed by atoms with Crippen LogP contribution in [0.15, 0.2) is 0 Å². The zero-order valence-corrected chi connectivity index (χ0v) is 13.7. The number of piperazine rings is 1. The molecule has 0 radical (unpaired) electrons. The number of hydrogen-bond donors (Lipinski definition) is 2. The van der Waals surface area contributed by atoms with Crippen LogP contribution in [0.5, 0.6) is 0 Å². The van der Waals surface area contributed by atoms with Crippen LogP contribution in [0, 0.1) is 0 Å². The second-order valence-corrected chi connectivity index (χ2v) is 5.87. The number of thiol groups is 2. The van der Waals surface area contributed by atoms with E-state index in [9.17, 15) is 19.2 Å². The molecule has 0 bridgehead atoms. The second-order valence-electron chi connectivity index (χ2n) is 4.53. The molecular formula is C11H16N2O6S2. The molecule has 118 valence electrons. The van der Waals surface area contributed by atoms with Gasteiger partial charge in [-0.05, 0) is 0 Å². The Labute approximate surface area is 132 Å². The van der Waals surface area contributed by atoms with Crippen LogP contribution in [-0.4, -0.2) is 64.2 Å². The number of rotatable bonds is 3. The Kier molecular flexibility index (Phi) is 4.83. The summed E-state index contributed by atoms with van der Waals surface area (Å²) in [5.74, 6) is -2.89.